The van der Waals surface area contributed by atoms with E-state index in [9.17, 15) is 9.59 Å². The van der Waals surface area contributed by atoms with Crippen molar-refractivity contribution in [3.8, 4) is 17.2 Å². The normalized spacial score (nSPS) is 18.8. The third-order valence-corrected chi connectivity index (χ3v) is 8.10. The van der Waals surface area contributed by atoms with Gasteiger partial charge in [0.25, 0.3) is 0 Å². The Kier molecular flexibility index (Phi) is 8.02. The topological polar surface area (TPSA) is 83.1 Å². The van der Waals surface area contributed by atoms with Gasteiger partial charge < -0.3 is 24.3 Å². The molecule has 1 aromatic heterocycles. The molecule has 0 unspecified atom stereocenters. The van der Waals surface area contributed by atoms with Crippen LogP contribution in [0.4, 0.5) is 0 Å². The highest BCUT2D eigenvalue weighted by molar-refractivity contribution is 7.10. The number of rotatable bonds is 9. The number of carbonyl (C=O) groups excluding carboxylic acids is 2. The van der Waals surface area contributed by atoms with Crippen LogP contribution < -0.4 is 19.5 Å². The van der Waals surface area contributed by atoms with Crippen molar-refractivity contribution in [3.63, 3.8) is 0 Å². The number of esters is 1. The number of dihydropyridines is 1. The predicted molar refractivity (Wildman–Crippen MR) is 149 cm³/mol. The largest absolute Gasteiger partial charge is 0.497 e. The first-order valence-corrected chi connectivity index (χ1v) is 13.7. The van der Waals surface area contributed by atoms with Crippen LogP contribution in [0.25, 0.3) is 0 Å². The van der Waals surface area contributed by atoms with E-state index in [-0.39, 0.29) is 24.9 Å². The second-order valence-electron chi connectivity index (χ2n) is 9.44. The van der Waals surface area contributed by atoms with Crippen molar-refractivity contribution in [2.45, 2.75) is 31.6 Å². The molecule has 0 saturated heterocycles. The number of hydrogen-bond acceptors (Lipinski definition) is 8. The van der Waals surface area contributed by atoms with Gasteiger partial charge in [0, 0.05) is 39.7 Å². The van der Waals surface area contributed by atoms with Crippen LogP contribution in [0.1, 0.15) is 42.0 Å². The number of para-hydroxylation sites is 1. The van der Waals surface area contributed by atoms with Crippen molar-refractivity contribution in [2.75, 3.05) is 27.4 Å². The maximum absolute atomic E-state index is 13.8. The number of methoxy groups -OCH3 is 2. The van der Waals surface area contributed by atoms with Gasteiger partial charge in [-0.1, -0.05) is 24.3 Å². The number of ether oxygens (including phenoxy) is 4. The maximum atomic E-state index is 13.8. The van der Waals surface area contributed by atoms with E-state index in [4.69, 9.17) is 18.9 Å². The van der Waals surface area contributed by atoms with Crippen LogP contribution in [0.5, 0.6) is 17.2 Å². The SMILES string of the molecule is COc1ccc(OC)c([C@H]2C(C(=O)OCCOc3ccccc3)=C(C)NC3=C2C(=O)C[C@@H](c2cccs2)C3)c1. The van der Waals surface area contributed by atoms with E-state index in [0.29, 0.717) is 52.5 Å². The molecule has 2 atom stereocenters. The number of thiophene rings is 1. The molecule has 2 aromatic carbocycles. The van der Waals surface area contributed by atoms with Crippen molar-refractivity contribution >= 4 is 23.1 Å². The fourth-order valence-electron chi connectivity index (χ4n) is 5.30. The van der Waals surface area contributed by atoms with Crippen LogP contribution in [0.3, 0.4) is 0 Å². The Bertz CT molecular complexity index is 1410. The average Bonchev–Trinajstić information content (AvgIpc) is 3.50. The highest BCUT2D eigenvalue weighted by Crippen LogP contribution is 2.48. The van der Waals surface area contributed by atoms with Crippen LogP contribution in [-0.2, 0) is 14.3 Å². The van der Waals surface area contributed by atoms with Crippen molar-refractivity contribution in [3.05, 3.63) is 99.0 Å². The van der Waals surface area contributed by atoms with Crippen LogP contribution in [0.2, 0.25) is 0 Å². The van der Waals surface area contributed by atoms with Crippen molar-refractivity contribution in [1.29, 1.82) is 0 Å². The number of nitrogens with one attached hydrogen (secondary N) is 1. The summed E-state index contributed by atoms with van der Waals surface area (Å²) in [6.45, 7) is 2.12. The van der Waals surface area contributed by atoms with E-state index in [1.54, 1.807) is 37.7 Å². The van der Waals surface area contributed by atoms with Crippen molar-refractivity contribution in [2.24, 2.45) is 0 Å². The van der Waals surface area contributed by atoms with Crippen molar-refractivity contribution < 1.29 is 28.5 Å². The lowest BCUT2D eigenvalue weighted by Gasteiger charge is -2.36. The van der Waals surface area contributed by atoms with E-state index >= 15 is 0 Å². The molecule has 0 spiro atoms. The summed E-state index contributed by atoms with van der Waals surface area (Å²) in [6, 6.07) is 18.9. The third kappa shape index (κ3) is 5.56. The molecule has 1 aliphatic carbocycles. The van der Waals surface area contributed by atoms with E-state index in [0.717, 1.165) is 5.70 Å². The quantitative estimate of drug-likeness (QED) is 0.271. The third-order valence-electron chi connectivity index (χ3n) is 7.07. The molecule has 39 heavy (non-hydrogen) atoms. The summed E-state index contributed by atoms with van der Waals surface area (Å²) >= 11 is 1.66. The molecule has 5 rings (SSSR count). The summed E-state index contributed by atoms with van der Waals surface area (Å²) in [7, 11) is 3.16. The first-order valence-electron chi connectivity index (χ1n) is 12.8. The van der Waals surface area contributed by atoms with Crippen LogP contribution >= 0.6 is 11.3 Å². The Balaban J connectivity index is 1.48. The maximum Gasteiger partial charge on any atom is 0.336 e. The van der Waals surface area contributed by atoms with E-state index in [1.165, 1.54) is 4.88 Å². The summed E-state index contributed by atoms with van der Waals surface area (Å²) < 4.78 is 22.6. The minimum Gasteiger partial charge on any atom is -0.497 e. The van der Waals surface area contributed by atoms with Gasteiger partial charge in [0.1, 0.15) is 30.5 Å². The van der Waals surface area contributed by atoms with Gasteiger partial charge in [-0.3, -0.25) is 4.79 Å². The Morgan fingerprint density at radius 3 is 2.51 bits per heavy atom. The van der Waals surface area contributed by atoms with Gasteiger partial charge in [-0.25, -0.2) is 4.79 Å². The number of hydrogen-bond donors (Lipinski definition) is 1. The zero-order chi connectivity index (χ0) is 27.4. The Labute approximate surface area is 232 Å². The van der Waals surface area contributed by atoms with Gasteiger partial charge in [0.15, 0.2) is 5.78 Å². The summed E-state index contributed by atoms with van der Waals surface area (Å²) in [5.41, 5.74) is 3.12. The monoisotopic (exact) mass is 545 g/mol. The first-order chi connectivity index (χ1) is 19.0. The van der Waals surface area contributed by atoms with E-state index < -0.39 is 11.9 Å². The van der Waals surface area contributed by atoms with Gasteiger partial charge in [-0.2, -0.15) is 0 Å². The average molecular weight is 546 g/mol. The second-order valence-corrected chi connectivity index (χ2v) is 10.4. The molecule has 3 aromatic rings. The molecule has 7 nitrogen and oxygen atoms in total. The second kappa shape index (κ2) is 11.8. The Hall–Kier alpha value is -4.04. The number of Topliss-reactive ketones (excluding diaryl/α,β-unsaturated/α-hetero) is 1. The molecule has 0 fully saturated rings. The highest BCUT2D eigenvalue weighted by atomic mass is 32.1. The summed E-state index contributed by atoms with van der Waals surface area (Å²) in [4.78, 5) is 28.6. The number of benzene rings is 2. The molecule has 8 heteroatoms. The predicted octanol–water partition coefficient (Wildman–Crippen LogP) is 5.75. The van der Waals surface area contributed by atoms with Crippen LogP contribution in [-0.4, -0.2) is 39.2 Å². The van der Waals surface area contributed by atoms with Gasteiger partial charge in [0.05, 0.1) is 25.7 Å². The lowest BCUT2D eigenvalue weighted by Crippen LogP contribution is -2.36. The van der Waals surface area contributed by atoms with Gasteiger partial charge >= 0.3 is 5.97 Å². The molecule has 0 saturated carbocycles. The summed E-state index contributed by atoms with van der Waals surface area (Å²) in [5, 5.41) is 5.42. The molecular weight excluding hydrogens is 514 g/mol. The summed E-state index contributed by atoms with van der Waals surface area (Å²) in [5.74, 6) is 0.790. The molecule has 1 N–H and O–H groups in total. The number of ketones is 1. The Morgan fingerprint density at radius 1 is 0.974 bits per heavy atom. The zero-order valence-corrected chi connectivity index (χ0v) is 23.0. The smallest absolute Gasteiger partial charge is 0.336 e. The van der Waals surface area contributed by atoms with Crippen LogP contribution in [0.15, 0.2) is 88.6 Å². The zero-order valence-electron chi connectivity index (χ0n) is 22.2. The molecule has 0 amide bonds. The minimum absolute atomic E-state index is 0.00207. The molecule has 0 bridgehead atoms. The standard InChI is InChI=1S/C31H31NO6S/c1-19-28(31(34)38-14-13-37-21-8-5-4-6-9-21)29(23-18-22(35-2)11-12-26(23)36-3)30-24(32-19)16-20(17-25(30)33)27-10-7-15-39-27/h4-12,15,18,20,29,32H,13-14,16-17H2,1-3H3/t20-,29-/m0/s1. The Morgan fingerprint density at radius 2 is 1.79 bits per heavy atom. The number of allylic oxidation sites excluding steroid dienone is 3. The van der Waals surface area contributed by atoms with Gasteiger partial charge in [0.2, 0.25) is 0 Å². The van der Waals surface area contributed by atoms with Gasteiger partial charge in [-0.05, 0) is 55.1 Å². The molecule has 2 heterocycles. The van der Waals surface area contributed by atoms with Gasteiger partial charge in [-0.15, -0.1) is 11.3 Å². The van der Waals surface area contributed by atoms with E-state index in [2.05, 4.69) is 11.4 Å². The van der Waals surface area contributed by atoms with E-state index in [1.807, 2.05) is 54.8 Å². The number of carbonyl (C=O) groups is 2. The first kappa shape index (κ1) is 26.6. The fourth-order valence-corrected chi connectivity index (χ4v) is 6.13. The molecular formula is C31H31NO6S. The molecule has 2 aliphatic rings. The highest BCUT2D eigenvalue weighted by Gasteiger charge is 2.42. The lowest BCUT2D eigenvalue weighted by atomic mass is 9.72. The molecule has 202 valence electrons. The molecule has 0 radical (unpaired) electrons. The van der Waals surface area contributed by atoms with Crippen LogP contribution in [0, 0.1) is 0 Å². The minimum atomic E-state index is -0.661. The molecule has 1 aliphatic heterocycles. The van der Waals surface area contributed by atoms with Crippen molar-refractivity contribution in [1.82, 2.24) is 5.32 Å². The lowest BCUT2D eigenvalue weighted by molar-refractivity contribution is -0.140. The fraction of sp³-hybridized carbons (Fsp3) is 0.290. The summed E-state index contributed by atoms with van der Waals surface area (Å²) in [6.07, 6.45) is 1.05.